The lowest BCUT2D eigenvalue weighted by Gasteiger charge is -2.20. The van der Waals surface area contributed by atoms with E-state index < -0.39 is 0 Å². The second kappa shape index (κ2) is 5.38. The van der Waals surface area contributed by atoms with Crippen molar-refractivity contribution in [2.24, 2.45) is 11.3 Å². The Labute approximate surface area is 81.3 Å². The van der Waals surface area contributed by atoms with E-state index in [2.05, 4.69) is 13.8 Å². The van der Waals surface area contributed by atoms with E-state index in [1.165, 1.54) is 0 Å². The predicted molar refractivity (Wildman–Crippen MR) is 54.6 cm³/mol. The van der Waals surface area contributed by atoms with Gasteiger partial charge in [-0.3, -0.25) is 4.79 Å². The van der Waals surface area contributed by atoms with Crippen molar-refractivity contribution in [1.82, 2.24) is 0 Å². The molecule has 0 aromatic heterocycles. The Balaban J connectivity index is 3.74. The van der Waals surface area contributed by atoms with E-state index in [0.29, 0.717) is 18.8 Å². The van der Waals surface area contributed by atoms with Gasteiger partial charge < -0.3 is 5.11 Å². The van der Waals surface area contributed by atoms with Gasteiger partial charge >= 0.3 is 0 Å². The number of rotatable bonds is 6. The normalized spacial score (nSPS) is 12.2. The fourth-order valence-electron chi connectivity index (χ4n) is 1.13. The summed E-state index contributed by atoms with van der Waals surface area (Å²) in [6, 6.07) is 0. The molecule has 1 N–H and O–H groups in total. The molecular weight excluding hydrogens is 164 g/mol. The summed E-state index contributed by atoms with van der Waals surface area (Å²) < 4.78 is 0. The van der Waals surface area contributed by atoms with Crippen molar-refractivity contribution in [3.63, 3.8) is 0 Å². The first kappa shape index (κ1) is 12.6. The maximum atomic E-state index is 11.4. The first-order valence-electron chi connectivity index (χ1n) is 5.00. The Kier molecular flexibility index (Phi) is 5.23. The van der Waals surface area contributed by atoms with Gasteiger partial charge in [0.1, 0.15) is 5.78 Å². The number of Topliss-reactive ketones (excluding diaryl/α,β-unsaturated/α-hetero) is 1. The molecule has 0 saturated heterocycles. The smallest absolute Gasteiger partial charge is 0.133 e. The zero-order valence-corrected chi connectivity index (χ0v) is 9.26. The Morgan fingerprint density at radius 2 is 1.92 bits per heavy atom. The molecule has 0 spiro atoms. The number of carbonyl (C=O) groups excluding carboxylic acids is 1. The number of carbonyl (C=O) groups is 1. The number of aliphatic hydroxyl groups is 1. The van der Waals surface area contributed by atoms with E-state index in [0.717, 1.165) is 6.42 Å². The third-order valence-electron chi connectivity index (χ3n) is 2.10. The van der Waals surface area contributed by atoms with E-state index in [1.54, 1.807) is 0 Å². The van der Waals surface area contributed by atoms with Crippen LogP contribution in [-0.2, 0) is 4.79 Å². The van der Waals surface area contributed by atoms with E-state index >= 15 is 0 Å². The summed E-state index contributed by atoms with van der Waals surface area (Å²) in [6.45, 7) is 8.15. The highest BCUT2D eigenvalue weighted by atomic mass is 16.3. The van der Waals surface area contributed by atoms with Crippen molar-refractivity contribution in [1.29, 1.82) is 0 Å². The molecule has 0 unspecified atom stereocenters. The highest BCUT2D eigenvalue weighted by Crippen LogP contribution is 2.21. The van der Waals surface area contributed by atoms with Crippen LogP contribution < -0.4 is 0 Å². The second-order valence-corrected chi connectivity index (χ2v) is 4.97. The molecule has 0 rings (SSSR count). The molecule has 0 aliphatic heterocycles. The van der Waals surface area contributed by atoms with Crippen LogP contribution >= 0.6 is 0 Å². The van der Waals surface area contributed by atoms with Crippen molar-refractivity contribution in [2.75, 3.05) is 6.61 Å². The van der Waals surface area contributed by atoms with Crippen LogP contribution in [0.4, 0.5) is 0 Å². The molecule has 13 heavy (non-hydrogen) atoms. The second-order valence-electron chi connectivity index (χ2n) is 4.97. The Morgan fingerprint density at radius 3 is 2.31 bits per heavy atom. The predicted octanol–water partition coefficient (Wildman–Crippen LogP) is 2.40. The third kappa shape index (κ3) is 6.76. The minimum atomic E-state index is -0.242. The quantitative estimate of drug-likeness (QED) is 0.691. The Morgan fingerprint density at radius 1 is 1.38 bits per heavy atom. The van der Waals surface area contributed by atoms with Gasteiger partial charge in [0.2, 0.25) is 0 Å². The lowest BCUT2D eigenvalue weighted by Crippen LogP contribution is -2.21. The van der Waals surface area contributed by atoms with E-state index in [1.807, 2.05) is 13.8 Å². The fraction of sp³-hybridized carbons (Fsp3) is 0.909. The third-order valence-corrected chi connectivity index (χ3v) is 2.10. The first-order chi connectivity index (χ1) is 5.87. The summed E-state index contributed by atoms with van der Waals surface area (Å²) in [5.74, 6) is 0.855. The Hall–Kier alpha value is -0.370. The zero-order chi connectivity index (χ0) is 10.5. The average molecular weight is 186 g/mol. The zero-order valence-electron chi connectivity index (χ0n) is 9.26. The molecule has 0 aromatic rings. The van der Waals surface area contributed by atoms with Gasteiger partial charge in [0.05, 0.1) is 0 Å². The summed E-state index contributed by atoms with van der Waals surface area (Å²) in [5, 5.41) is 8.97. The maximum absolute atomic E-state index is 11.4. The van der Waals surface area contributed by atoms with E-state index in [-0.39, 0.29) is 17.8 Å². The summed E-state index contributed by atoms with van der Waals surface area (Å²) in [4.78, 5) is 11.4. The van der Waals surface area contributed by atoms with Gasteiger partial charge in [0.15, 0.2) is 0 Å². The summed E-state index contributed by atoms with van der Waals surface area (Å²) in [6.07, 6.45) is 2.11. The fourth-order valence-corrected chi connectivity index (χ4v) is 1.13. The van der Waals surface area contributed by atoms with Crippen molar-refractivity contribution in [2.45, 2.75) is 47.0 Å². The number of aliphatic hydroxyl groups excluding tert-OH is 1. The molecule has 0 aliphatic rings. The van der Waals surface area contributed by atoms with Crippen molar-refractivity contribution < 1.29 is 9.90 Å². The van der Waals surface area contributed by atoms with Crippen molar-refractivity contribution >= 4 is 5.78 Å². The Bertz CT molecular complexity index is 159. The van der Waals surface area contributed by atoms with Crippen LogP contribution in [0.25, 0.3) is 0 Å². The number of hydrogen-bond acceptors (Lipinski definition) is 2. The van der Waals surface area contributed by atoms with E-state index in [9.17, 15) is 4.79 Å². The van der Waals surface area contributed by atoms with Gasteiger partial charge in [0, 0.05) is 19.4 Å². The molecule has 0 amide bonds. The largest absolute Gasteiger partial charge is 0.396 e. The first-order valence-corrected chi connectivity index (χ1v) is 5.00. The summed E-state index contributed by atoms with van der Waals surface area (Å²) in [5.41, 5.74) is -0.242. The highest BCUT2D eigenvalue weighted by Gasteiger charge is 2.20. The molecule has 0 radical (unpaired) electrons. The molecule has 0 atom stereocenters. The van der Waals surface area contributed by atoms with Crippen molar-refractivity contribution in [3.05, 3.63) is 0 Å². The topological polar surface area (TPSA) is 37.3 Å². The molecule has 0 heterocycles. The van der Waals surface area contributed by atoms with Gasteiger partial charge in [0.25, 0.3) is 0 Å². The van der Waals surface area contributed by atoms with Gasteiger partial charge in [-0.15, -0.1) is 0 Å². The van der Waals surface area contributed by atoms with Gasteiger partial charge in [-0.1, -0.05) is 27.7 Å². The molecular formula is C11H22O2. The molecule has 0 saturated carbocycles. The monoisotopic (exact) mass is 186 g/mol. The van der Waals surface area contributed by atoms with Gasteiger partial charge in [-0.2, -0.15) is 0 Å². The van der Waals surface area contributed by atoms with Crippen LogP contribution in [0.5, 0.6) is 0 Å². The maximum Gasteiger partial charge on any atom is 0.133 e. The molecule has 0 aliphatic carbocycles. The van der Waals surface area contributed by atoms with Crippen LogP contribution in [0.15, 0.2) is 0 Å². The molecule has 0 aromatic carbocycles. The lowest BCUT2D eigenvalue weighted by molar-refractivity contribution is -0.121. The standard InChI is InChI=1S/C11H22O2/c1-9(2)5-6-10(13)7-11(3,4)8-12/h9,12H,5-8H2,1-4H3. The summed E-state index contributed by atoms with van der Waals surface area (Å²) >= 11 is 0. The minimum Gasteiger partial charge on any atom is -0.396 e. The van der Waals surface area contributed by atoms with Gasteiger partial charge in [-0.25, -0.2) is 0 Å². The SMILES string of the molecule is CC(C)CCC(=O)CC(C)(C)CO. The van der Waals surface area contributed by atoms with Crippen LogP contribution in [0, 0.1) is 11.3 Å². The highest BCUT2D eigenvalue weighted by molar-refractivity contribution is 5.79. The molecule has 0 fully saturated rings. The number of ketones is 1. The van der Waals surface area contributed by atoms with Gasteiger partial charge in [-0.05, 0) is 17.8 Å². The van der Waals surface area contributed by atoms with Crippen LogP contribution in [0.1, 0.15) is 47.0 Å². The van der Waals surface area contributed by atoms with Crippen LogP contribution in [-0.4, -0.2) is 17.5 Å². The minimum absolute atomic E-state index is 0.0837. The average Bonchev–Trinajstić information content (AvgIpc) is 2.00. The van der Waals surface area contributed by atoms with Crippen LogP contribution in [0.3, 0.4) is 0 Å². The molecule has 78 valence electrons. The summed E-state index contributed by atoms with van der Waals surface area (Å²) in [7, 11) is 0. The van der Waals surface area contributed by atoms with E-state index in [4.69, 9.17) is 5.11 Å². The lowest BCUT2D eigenvalue weighted by atomic mass is 9.87. The van der Waals surface area contributed by atoms with Crippen LogP contribution in [0.2, 0.25) is 0 Å². The molecule has 0 bridgehead atoms. The van der Waals surface area contributed by atoms with Crippen molar-refractivity contribution in [3.8, 4) is 0 Å². The number of hydrogen-bond donors (Lipinski definition) is 1. The molecule has 2 nitrogen and oxygen atoms in total. The molecule has 2 heteroatoms.